The second kappa shape index (κ2) is 3.99. The molecule has 3 aromatic rings. The molecular formula is C13H10ClN3O. The SMILES string of the molecule is Cn1c(-c2ccc(O)c(Cl)c2)nc2ccncc21. The minimum absolute atomic E-state index is 0.0702. The molecule has 90 valence electrons. The third kappa shape index (κ3) is 1.62. The van der Waals surface area contributed by atoms with Crippen molar-refractivity contribution in [2.24, 2.45) is 7.05 Å². The van der Waals surface area contributed by atoms with Crippen molar-refractivity contribution >= 4 is 22.6 Å². The Hall–Kier alpha value is -2.07. The molecule has 18 heavy (non-hydrogen) atoms. The van der Waals surface area contributed by atoms with Gasteiger partial charge in [-0.05, 0) is 24.3 Å². The molecule has 0 unspecified atom stereocenters. The number of aromatic hydroxyl groups is 1. The molecule has 2 aromatic heterocycles. The number of halogens is 1. The van der Waals surface area contributed by atoms with Gasteiger partial charge in [0, 0.05) is 18.8 Å². The van der Waals surface area contributed by atoms with E-state index in [0.29, 0.717) is 5.02 Å². The minimum atomic E-state index is 0.0702. The first-order valence-electron chi connectivity index (χ1n) is 5.42. The average molecular weight is 260 g/mol. The van der Waals surface area contributed by atoms with Crippen LogP contribution in [0.3, 0.4) is 0 Å². The highest BCUT2D eigenvalue weighted by atomic mass is 35.5. The number of fused-ring (bicyclic) bond motifs is 1. The molecule has 0 fully saturated rings. The zero-order valence-corrected chi connectivity index (χ0v) is 10.4. The zero-order chi connectivity index (χ0) is 12.7. The summed E-state index contributed by atoms with van der Waals surface area (Å²) in [5.74, 6) is 0.862. The smallest absolute Gasteiger partial charge is 0.140 e. The Labute approximate surface area is 108 Å². The average Bonchev–Trinajstić information content (AvgIpc) is 2.71. The molecule has 0 saturated carbocycles. The van der Waals surface area contributed by atoms with Gasteiger partial charge in [0.05, 0.1) is 22.3 Å². The summed E-state index contributed by atoms with van der Waals surface area (Å²) in [5.41, 5.74) is 2.69. The Balaban J connectivity index is 2.25. The van der Waals surface area contributed by atoms with E-state index in [-0.39, 0.29) is 5.75 Å². The van der Waals surface area contributed by atoms with Crippen molar-refractivity contribution < 1.29 is 5.11 Å². The Kier molecular flexibility index (Phi) is 2.45. The van der Waals surface area contributed by atoms with Gasteiger partial charge in [0.2, 0.25) is 0 Å². The fraction of sp³-hybridized carbons (Fsp3) is 0.0769. The Bertz CT molecular complexity index is 736. The summed E-state index contributed by atoms with van der Waals surface area (Å²) < 4.78 is 1.95. The fourth-order valence-electron chi connectivity index (χ4n) is 1.94. The summed E-state index contributed by atoms with van der Waals surface area (Å²) in [4.78, 5) is 8.62. The topological polar surface area (TPSA) is 50.9 Å². The standard InChI is InChI=1S/C13H10ClN3O/c1-17-11-7-15-5-4-10(11)16-13(17)8-2-3-12(18)9(14)6-8/h2-7,18H,1H3. The third-order valence-electron chi connectivity index (χ3n) is 2.89. The molecule has 0 atom stereocenters. The number of benzene rings is 1. The van der Waals surface area contributed by atoms with Gasteiger partial charge < -0.3 is 9.67 Å². The lowest BCUT2D eigenvalue weighted by atomic mass is 10.2. The van der Waals surface area contributed by atoms with Gasteiger partial charge in [-0.3, -0.25) is 4.98 Å². The zero-order valence-electron chi connectivity index (χ0n) is 9.63. The van der Waals surface area contributed by atoms with Crippen LogP contribution in [0.5, 0.6) is 5.75 Å². The van der Waals surface area contributed by atoms with E-state index >= 15 is 0 Å². The van der Waals surface area contributed by atoms with Gasteiger partial charge in [0.1, 0.15) is 11.6 Å². The Morgan fingerprint density at radius 2 is 2.11 bits per heavy atom. The number of hydrogen-bond acceptors (Lipinski definition) is 3. The molecule has 0 saturated heterocycles. The lowest BCUT2D eigenvalue weighted by Crippen LogP contribution is -1.92. The van der Waals surface area contributed by atoms with Crippen molar-refractivity contribution in [3.05, 3.63) is 41.7 Å². The van der Waals surface area contributed by atoms with Crippen LogP contribution in [-0.4, -0.2) is 19.6 Å². The predicted molar refractivity (Wildman–Crippen MR) is 70.6 cm³/mol. The van der Waals surface area contributed by atoms with E-state index in [1.807, 2.05) is 17.7 Å². The molecule has 3 rings (SSSR count). The van der Waals surface area contributed by atoms with Crippen molar-refractivity contribution in [2.75, 3.05) is 0 Å². The molecule has 0 amide bonds. The number of phenols is 1. The van der Waals surface area contributed by atoms with Gasteiger partial charge in [-0.2, -0.15) is 0 Å². The molecule has 0 aliphatic heterocycles. The van der Waals surface area contributed by atoms with E-state index in [1.54, 1.807) is 30.6 Å². The first kappa shape index (κ1) is 11.0. The number of hydrogen-bond donors (Lipinski definition) is 1. The summed E-state index contributed by atoms with van der Waals surface area (Å²) in [6.07, 6.45) is 3.48. The van der Waals surface area contributed by atoms with Crippen molar-refractivity contribution in [3.63, 3.8) is 0 Å². The Morgan fingerprint density at radius 3 is 2.83 bits per heavy atom. The van der Waals surface area contributed by atoms with E-state index in [9.17, 15) is 5.11 Å². The van der Waals surface area contributed by atoms with E-state index < -0.39 is 0 Å². The number of imidazole rings is 1. The van der Waals surface area contributed by atoms with Crippen LogP contribution in [0.25, 0.3) is 22.4 Å². The number of aromatic nitrogens is 3. The first-order valence-corrected chi connectivity index (χ1v) is 5.80. The summed E-state index contributed by atoms with van der Waals surface area (Å²) in [6.45, 7) is 0. The highest BCUT2D eigenvalue weighted by Crippen LogP contribution is 2.30. The maximum Gasteiger partial charge on any atom is 0.140 e. The van der Waals surface area contributed by atoms with Gasteiger partial charge in [0.15, 0.2) is 0 Å². The number of pyridine rings is 1. The van der Waals surface area contributed by atoms with Crippen molar-refractivity contribution in [1.82, 2.24) is 14.5 Å². The molecular weight excluding hydrogens is 250 g/mol. The Morgan fingerprint density at radius 1 is 1.28 bits per heavy atom. The highest BCUT2D eigenvalue weighted by Gasteiger charge is 2.11. The molecule has 0 spiro atoms. The van der Waals surface area contributed by atoms with E-state index in [0.717, 1.165) is 22.4 Å². The molecule has 4 nitrogen and oxygen atoms in total. The van der Waals surface area contributed by atoms with Crippen molar-refractivity contribution in [2.45, 2.75) is 0 Å². The molecule has 0 radical (unpaired) electrons. The molecule has 0 bridgehead atoms. The largest absolute Gasteiger partial charge is 0.506 e. The molecule has 0 aliphatic carbocycles. The van der Waals surface area contributed by atoms with Gasteiger partial charge in [0.25, 0.3) is 0 Å². The second-order valence-corrected chi connectivity index (χ2v) is 4.43. The van der Waals surface area contributed by atoms with Gasteiger partial charge in [-0.1, -0.05) is 11.6 Å². The van der Waals surface area contributed by atoms with Crippen molar-refractivity contribution in [1.29, 1.82) is 0 Å². The van der Waals surface area contributed by atoms with Gasteiger partial charge in [-0.15, -0.1) is 0 Å². The quantitative estimate of drug-likeness (QED) is 0.731. The lowest BCUT2D eigenvalue weighted by Gasteiger charge is -2.03. The third-order valence-corrected chi connectivity index (χ3v) is 3.19. The molecule has 1 N–H and O–H groups in total. The summed E-state index contributed by atoms with van der Waals surface area (Å²) in [6, 6.07) is 6.91. The van der Waals surface area contributed by atoms with Crippen LogP contribution >= 0.6 is 11.6 Å². The summed E-state index contributed by atoms with van der Waals surface area (Å²) in [7, 11) is 1.92. The van der Waals surface area contributed by atoms with E-state index in [2.05, 4.69) is 9.97 Å². The van der Waals surface area contributed by atoms with Gasteiger partial charge >= 0.3 is 0 Å². The maximum absolute atomic E-state index is 9.43. The number of nitrogens with zero attached hydrogens (tertiary/aromatic N) is 3. The molecule has 5 heteroatoms. The molecule has 0 aliphatic rings. The van der Waals surface area contributed by atoms with Crippen LogP contribution in [0, 0.1) is 0 Å². The van der Waals surface area contributed by atoms with Crippen LogP contribution < -0.4 is 0 Å². The van der Waals surface area contributed by atoms with Crippen LogP contribution in [0.15, 0.2) is 36.7 Å². The lowest BCUT2D eigenvalue weighted by molar-refractivity contribution is 0.475. The number of rotatable bonds is 1. The predicted octanol–water partition coefficient (Wildman–Crippen LogP) is 2.99. The monoisotopic (exact) mass is 259 g/mol. The number of phenolic OH excluding ortho intramolecular Hbond substituents is 1. The summed E-state index contributed by atoms with van der Waals surface area (Å²) >= 11 is 5.92. The highest BCUT2D eigenvalue weighted by molar-refractivity contribution is 6.32. The molecule has 2 heterocycles. The number of aryl methyl sites for hydroxylation is 1. The fourth-order valence-corrected chi connectivity index (χ4v) is 2.12. The van der Waals surface area contributed by atoms with Crippen molar-refractivity contribution in [3.8, 4) is 17.1 Å². The maximum atomic E-state index is 9.43. The first-order chi connectivity index (χ1) is 8.66. The minimum Gasteiger partial charge on any atom is -0.506 e. The normalized spacial score (nSPS) is 11.0. The van der Waals surface area contributed by atoms with Crippen LogP contribution in [0.1, 0.15) is 0 Å². The van der Waals surface area contributed by atoms with E-state index in [4.69, 9.17) is 11.6 Å². The van der Waals surface area contributed by atoms with Gasteiger partial charge in [-0.25, -0.2) is 4.98 Å². The molecule has 1 aromatic carbocycles. The summed E-state index contributed by atoms with van der Waals surface area (Å²) in [5, 5.41) is 9.75. The van der Waals surface area contributed by atoms with Crippen LogP contribution in [0.2, 0.25) is 5.02 Å². The van der Waals surface area contributed by atoms with Crippen LogP contribution in [-0.2, 0) is 7.05 Å². The van der Waals surface area contributed by atoms with E-state index in [1.165, 1.54) is 0 Å². The van der Waals surface area contributed by atoms with Crippen LogP contribution in [0.4, 0.5) is 0 Å². The second-order valence-electron chi connectivity index (χ2n) is 4.03.